The van der Waals surface area contributed by atoms with E-state index in [-0.39, 0.29) is 11.6 Å². The van der Waals surface area contributed by atoms with Crippen LogP contribution in [0.3, 0.4) is 0 Å². The molecule has 5 nitrogen and oxygen atoms in total. The topological polar surface area (TPSA) is 76.3 Å². The lowest BCUT2D eigenvalue weighted by atomic mass is 10.2. The highest BCUT2D eigenvalue weighted by molar-refractivity contribution is 7.16. The van der Waals surface area contributed by atoms with Crippen molar-refractivity contribution in [1.29, 1.82) is 0 Å². The van der Waals surface area contributed by atoms with Crippen LogP contribution < -0.4 is 5.73 Å². The van der Waals surface area contributed by atoms with Gasteiger partial charge in [0.2, 0.25) is 0 Å². The second kappa shape index (κ2) is 6.02. The maximum absolute atomic E-state index is 12.2. The summed E-state index contributed by atoms with van der Waals surface area (Å²) in [5.41, 5.74) is 5.63. The van der Waals surface area contributed by atoms with Crippen molar-refractivity contribution in [2.75, 3.05) is 7.05 Å². The van der Waals surface area contributed by atoms with E-state index in [2.05, 4.69) is 4.98 Å². The number of nitrogens with two attached hydrogens (primary N) is 1. The molecule has 0 saturated carbocycles. The Bertz CT molecular complexity index is 639. The van der Waals surface area contributed by atoms with Crippen LogP contribution in [0, 0.1) is 0 Å². The van der Waals surface area contributed by atoms with E-state index >= 15 is 0 Å². The van der Waals surface area contributed by atoms with E-state index in [9.17, 15) is 9.59 Å². The van der Waals surface area contributed by atoms with E-state index in [1.54, 1.807) is 18.0 Å². The van der Waals surface area contributed by atoms with Crippen LogP contribution in [0.4, 0.5) is 0 Å². The summed E-state index contributed by atoms with van der Waals surface area (Å²) in [4.78, 5) is 29.5. The molecule has 2 rings (SSSR count). The number of rotatable bonds is 4. The van der Waals surface area contributed by atoms with Crippen LogP contribution in [0.1, 0.15) is 25.7 Å². The molecule has 2 aromatic rings. The van der Waals surface area contributed by atoms with Crippen molar-refractivity contribution < 1.29 is 9.59 Å². The van der Waals surface area contributed by atoms with Gasteiger partial charge in [-0.15, -0.1) is 11.3 Å². The molecule has 0 spiro atoms. The summed E-state index contributed by atoms with van der Waals surface area (Å²) in [5.74, 6) is -0.802. The highest BCUT2D eigenvalue weighted by atomic mass is 35.5. The zero-order chi connectivity index (χ0) is 14.7. The van der Waals surface area contributed by atoms with Gasteiger partial charge < -0.3 is 10.6 Å². The number of carbonyl (C=O) groups excluding carboxylic acids is 2. The number of thiophene rings is 1. The Morgan fingerprint density at radius 2 is 2.10 bits per heavy atom. The maximum atomic E-state index is 12.2. The molecule has 104 valence electrons. The molecule has 0 aromatic carbocycles. The van der Waals surface area contributed by atoms with Crippen molar-refractivity contribution in [3.8, 4) is 0 Å². The van der Waals surface area contributed by atoms with E-state index in [0.717, 1.165) is 4.88 Å². The fourth-order valence-electron chi connectivity index (χ4n) is 1.63. The first-order valence-electron chi connectivity index (χ1n) is 5.73. The van der Waals surface area contributed by atoms with Crippen LogP contribution in [-0.2, 0) is 6.54 Å². The molecule has 0 aliphatic carbocycles. The number of pyridine rings is 1. The molecule has 20 heavy (non-hydrogen) atoms. The van der Waals surface area contributed by atoms with Crippen LogP contribution >= 0.6 is 22.9 Å². The molecule has 0 bridgehead atoms. The molecule has 7 heteroatoms. The van der Waals surface area contributed by atoms with Crippen molar-refractivity contribution in [1.82, 2.24) is 9.88 Å². The second-order valence-corrected chi connectivity index (χ2v) is 5.96. The third-order valence-electron chi connectivity index (χ3n) is 2.63. The summed E-state index contributed by atoms with van der Waals surface area (Å²) >= 11 is 7.28. The van der Waals surface area contributed by atoms with Gasteiger partial charge >= 0.3 is 0 Å². The average molecular weight is 310 g/mol. The first kappa shape index (κ1) is 14.5. The maximum Gasteiger partial charge on any atom is 0.267 e. The number of primary amides is 1. The highest BCUT2D eigenvalue weighted by Gasteiger charge is 2.14. The quantitative estimate of drug-likeness (QED) is 0.940. The second-order valence-electron chi connectivity index (χ2n) is 4.16. The molecule has 0 fully saturated rings. The van der Waals surface area contributed by atoms with E-state index in [4.69, 9.17) is 17.3 Å². The van der Waals surface area contributed by atoms with Crippen LogP contribution in [-0.4, -0.2) is 28.7 Å². The molecule has 2 N–H and O–H groups in total. The molecule has 2 aromatic heterocycles. The molecule has 0 atom stereocenters. The Morgan fingerprint density at radius 1 is 1.35 bits per heavy atom. The standard InChI is InChI=1S/C13H12ClN3O2S/c1-17(7-9-3-5-11(14)20-9)13(19)8-2-4-10(12(15)18)16-6-8/h2-6H,7H2,1H3,(H2,15,18). The van der Waals surface area contributed by atoms with Crippen molar-refractivity contribution >= 4 is 34.8 Å². The highest BCUT2D eigenvalue weighted by Crippen LogP contribution is 2.22. The molecular formula is C13H12ClN3O2S. The zero-order valence-electron chi connectivity index (χ0n) is 10.7. The molecule has 0 saturated heterocycles. The Morgan fingerprint density at radius 3 is 2.60 bits per heavy atom. The summed E-state index contributed by atoms with van der Waals surface area (Å²) in [5, 5.41) is 0. The Kier molecular flexibility index (Phi) is 4.36. The van der Waals surface area contributed by atoms with Gasteiger partial charge in [-0.05, 0) is 24.3 Å². The minimum atomic E-state index is -0.620. The molecule has 0 unspecified atom stereocenters. The predicted octanol–water partition coefficient (Wildman–Crippen LogP) is 2.17. The van der Waals surface area contributed by atoms with Gasteiger partial charge in [0.15, 0.2) is 0 Å². The molecule has 0 radical (unpaired) electrons. The Labute approximate surface area is 125 Å². The molecule has 2 heterocycles. The van der Waals surface area contributed by atoms with Gasteiger partial charge in [-0.1, -0.05) is 11.6 Å². The van der Waals surface area contributed by atoms with E-state index in [1.165, 1.54) is 29.7 Å². The summed E-state index contributed by atoms with van der Waals surface area (Å²) in [6, 6.07) is 6.65. The average Bonchev–Trinajstić information content (AvgIpc) is 2.83. The fraction of sp³-hybridized carbons (Fsp3) is 0.154. The summed E-state index contributed by atoms with van der Waals surface area (Å²) in [7, 11) is 1.69. The number of nitrogens with zero attached hydrogens (tertiary/aromatic N) is 2. The van der Waals surface area contributed by atoms with E-state index < -0.39 is 5.91 Å². The van der Waals surface area contributed by atoms with Gasteiger partial charge in [0.25, 0.3) is 11.8 Å². The summed E-state index contributed by atoms with van der Waals surface area (Å²) < 4.78 is 0.688. The summed E-state index contributed by atoms with van der Waals surface area (Å²) in [6.45, 7) is 0.466. The van der Waals surface area contributed by atoms with Gasteiger partial charge in [-0.25, -0.2) is 0 Å². The SMILES string of the molecule is CN(Cc1ccc(Cl)s1)C(=O)c1ccc(C(N)=O)nc1. The van der Waals surface area contributed by atoms with Gasteiger partial charge in [0, 0.05) is 18.1 Å². The third kappa shape index (κ3) is 3.34. The number of aromatic nitrogens is 1. The van der Waals surface area contributed by atoms with Crippen LogP contribution in [0.2, 0.25) is 4.34 Å². The Hall–Kier alpha value is -1.92. The minimum Gasteiger partial charge on any atom is -0.364 e. The van der Waals surface area contributed by atoms with Crippen molar-refractivity contribution in [2.24, 2.45) is 5.73 Å². The predicted molar refractivity (Wildman–Crippen MR) is 77.9 cm³/mol. The first-order valence-corrected chi connectivity index (χ1v) is 6.92. The van der Waals surface area contributed by atoms with Gasteiger partial charge in [-0.2, -0.15) is 0 Å². The third-order valence-corrected chi connectivity index (χ3v) is 3.85. The number of hydrogen-bond donors (Lipinski definition) is 1. The number of hydrogen-bond acceptors (Lipinski definition) is 4. The molecule has 0 aliphatic heterocycles. The number of amides is 2. The fourth-order valence-corrected chi connectivity index (χ4v) is 2.77. The lowest BCUT2D eigenvalue weighted by Gasteiger charge is -2.16. The van der Waals surface area contributed by atoms with E-state index in [1.807, 2.05) is 6.07 Å². The largest absolute Gasteiger partial charge is 0.364 e. The minimum absolute atomic E-state index is 0.134. The number of carbonyl (C=O) groups is 2. The van der Waals surface area contributed by atoms with Gasteiger partial charge in [0.05, 0.1) is 16.4 Å². The van der Waals surface area contributed by atoms with Gasteiger partial charge in [-0.3, -0.25) is 14.6 Å². The Balaban J connectivity index is 2.08. The van der Waals surface area contributed by atoms with E-state index in [0.29, 0.717) is 16.4 Å². The first-order chi connectivity index (χ1) is 9.47. The monoisotopic (exact) mass is 309 g/mol. The van der Waals surface area contributed by atoms with Gasteiger partial charge in [0.1, 0.15) is 5.69 Å². The van der Waals surface area contributed by atoms with Crippen LogP contribution in [0.15, 0.2) is 30.5 Å². The summed E-state index contributed by atoms with van der Waals surface area (Å²) in [6.07, 6.45) is 1.35. The van der Waals surface area contributed by atoms with Crippen LogP contribution in [0.25, 0.3) is 0 Å². The lowest BCUT2D eigenvalue weighted by molar-refractivity contribution is 0.0785. The zero-order valence-corrected chi connectivity index (χ0v) is 12.2. The van der Waals surface area contributed by atoms with Crippen molar-refractivity contribution in [2.45, 2.75) is 6.54 Å². The van der Waals surface area contributed by atoms with Crippen LogP contribution in [0.5, 0.6) is 0 Å². The molecule has 0 aliphatic rings. The smallest absolute Gasteiger partial charge is 0.267 e. The molecule has 2 amide bonds. The lowest BCUT2D eigenvalue weighted by Crippen LogP contribution is -2.26. The van der Waals surface area contributed by atoms with Crippen molar-refractivity contribution in [3.63, 3.8) is 0 Å². The molecular weight excluding hydrogens is 298 g/mol. The normalized spacial score (nSPS) is 10.3. The van der Waals surface area contributed by atoms with Crippen molar-refractivity contribution in [3.05, 3.63) is 50.9 Å². The number of halogens is 1.